The number of hydrogen-bond donors (Lipinski definition) is 1. The fourth-order valence-electron chi connectivity index (χ4n) is 2.15. The minimum Gasteiger partial charge on any atom is -0.306 e. The van der Waals surface area contributed by atoms with Crippen molar-refractivity contribution in [2.45, 2.75) is 19.4 Å². The van der Waals surface area contributed by atoms with E-state index in [1.54, 1.807) is 6.07 Å². The average molecular weight is 436 g/mol. The number of benzene rings is 2. The SMILES string of the molecule is CCCNC(c1cc(Br)ccc1F)c1ccc(Cl)cc1Br. The molecule has 0 aliphatic rings. The highest BCUT2D eigenvalue weighted by Crippen LogP contribution is 2.33. The third-order valence-corrected chi connectivity index (χ3v) is 4.56. The molecule has 2 rings (SSSR count). The lowest BCUT2D eigenvalue weighted by atomic mass is 9.98. The molecule has 0 aliphatic carbocycles. The summed E-state index contributed by atoms with van der Waals surface area (Å²) in [6.45, 7) is 2.88. The Bertz CT molecular complexity index is 634. The van der Waals surface area contributed by atoms with Gasteiger partial charge in [-0.15, -0.1) is 0 Å². The van der Waals surface area contributed by atoms with Crippen LogP contribution in [0.15, 0.2) is 45.3 Å². The second-order valence-corrected chi connectivity index (χ2v) is 6.93. The van der Waals surface area contributed by atoms with E-state index in [0.717, 1.165) is 27.5 Å². The molecule has 0 bridgehead atoms. The summed E-state index contributed by atoms with van der Waals surface area (Å²) in [6.07, 6.45) is 0.970. The van der Waals surface area contributed by atoms with Crippen molar-refractivity contribution in [2.24, 2.45) is 0 Å². The molecule has 112 valence electrons. The number of hydrogen-bond acceptors (Lipinski definition) is 1. The lowest BCUT2D eigenvalue weighted by molar-refractivity contribution is 0.545. The number of rotatable bonds is 5. The largest absolute Gasteiger partial charge is 0.306 e. The predicted molar refractivity (Wildman–Crippen MR) is 93.4 cm³/mol. The zero-order valence-corrected chi connectivity index (χ0v) is 15.4. The van der Waals surface area contributed by atoms with Gasteiger partial charge in [-0.05, 0) is 48.9 Å². The third-order valence-electron chi connectivity index (χ3n) is 3.14. The second kappa shape index (κ2) is 7.73. The lowest BCUT2D eigenvalue weighted by Gasteiger charge is -2.22. The molecule has 0 aromatic heterocycles. The molecule has 1 atom stereocenters. The van der Waals surface area contributed by atoms with Crippen molar-refractivity contribution in [2.75, 3.05) is 6.54 Å². The van der Waals surface area contributed by atoms with Gasteiger partial charge >= 0.3 is 0 Å². The van der Waals surface area contributed by atoms with Crippen LogP contribution in [0.25, 0.3) is 0 Å². The van der Waals surface area contributed by atoms with Gasteiger partial charge in [0.2, 0.25) is 0 Å². The molecule has 1 unspecified atom stereocenters. The molecular weight excluding hydrogens is 420 g/mol. The Labute approximate surface area is 146 Å². The Kier molecular flexibility index (Phi) is 6.23. The van der Waals surface area contributed by atoms with E-state index in [1.807, 2.05) is 24.3 Å². The van der Waals surface area contributed by atoms with E-state index in [9.17, 15) is 4.39 Å². The standard InChI is InChI=1S/C16H15Br2ClFN/c1-2-7-21-16(12-5-4-11(19)9-14(12)18)13-8-10(17)3-6-15(13)20/h3-6,8-9,16,21H,2,7H2,1H3. The molecule has 5 heteroatoms. The fraction of sp³-hybridized carbons (Fsp3) is 0.250. The summed E-state index contributed by atoms with van der Waals surface area (Å²) in [4.78, 5) is 0. The van der Waals surface area contributed by atoms with Crippen molar-refractivity contribution in [1.29, 1.82) is 0 Å². The van der Waals surface area contributed by atoms with Crippen molar-refractivity contribution in [1.82, 2.24) is 5.32 Å². The summed E-state index contributed by atoms with van der Waals surface area (Å²) in [5.74, 6) is -0.228. The van der Waals surface area contributed by atoms with Crippen LogP contribution >= 0.6 is 43.5 Å². The van der Waals surface area contributed by atoms with Crippen LogP contribution in [0.5, 0.6) is 0 Å². The summed E-state index contributed by atoms with van der Waals surface area (Å²) in [5.41, 5.74) is 1.57. The maximum Gasteiger partial charge on any atom is 0.128 e. The Hall–Kier alpha value is -0.420. The van der Waals surface area contributed by atoms with Gasteiger partial charge in [0.1, 0.15) is 5.82 Å². The summed E-state index contributed by atoms with van der Waals surface area (Å²) >= 11 is 12.9. The van der Waals surface area contributed by atoms with Gasteiger partial charge in [0.15, 0.2) is 0 Å². The second-order valence-electron chi connectivity index (χ2n) is 4.72. The molecule has 0 saturated carbocycles. The van der Waals surface area contributed by atoms with E-state index in [0.29, 0.717) is 10.6 Å². The van der Waals surface area contributed by atoms with Crippen LogP contribution in [0.3, 0.4) is 0 Å². The first-order chi connectivity index (χ1) is 10.0. The molecule has 1 nitrogen and oxygen atoms in total. The Morgan fingerprint density at radius 3 is 2.57 bits per heavy atom. The van der Waals surface area contributed by atoms with Crippen LogP contribution in [0.1, 0.15) is 30.5 Å². The van der Waals surface area contributed by atoms with Crippen molar-refractivity contribution in [3.05, 3.63) is 67.3 Å². The maximum absolute atomic E-state index is 14.2. The van der Waals surface area contributed by atoms with Gasteiger partial charge < -0.3 is 5.32 Å². The normalized spacial score (nSPS) is 12.4. The van der Waals surface area contributed by atoms with Crippen LogP contribution < -0.4 is 5.32 Å². The first-order valence-corrected chi connectivity index (χ1v) is 8.62. The number of halogens is 4. The molecule has 0 radical (unpaired) electrons. The van der Waals surface area contributed by atoms with Gasteiger partial charge in [-0.25, -0.2) is 4.39 Å². The smallest absolute Gasteiger partial charge is 0.128 e. The van der Waals surface area contributed by atoms with E-state index in [4.69, 9.17) is 11.6 Å². The van der Waals surface area contributed by atoms with Gasteiger partial charge in [-0.3, -0.25) is 0 Å². The Balaban J connectivity index is 2.49. The zero-order valence-electron chi connectivity index (χ0n) is 11.5. The first kappa shape index (κ1) is 16.9. The average Bonchev–Trinajstić information content (AvgIpc) is 2.44. The lowest BCUT2D eigenvalue weighted by Crippen LogP contribution is -2.24. The minimum absolute atomic E-state index is 0.228. The van der Waals surface area contributed by atoms with Gasteiger partial charge in [0, 0.05) is 19.5 Å². The highest BCUT2D eigenvalue weighted by atomic mass is 79.9. The van der Waals surface area contributed by atoms with Crippen molar-refractivity contribution in [3.8, 4) is 0 Å². The predicted octanol–water partition coefficient (Wildman–Crippen LogP) is 6.09. The maximum atomic E-state index is 14.2. The van der Waals surface area contributed by atoms with Crippen molar-refractivity contribution < 1.29 is 4.39 Å². The third kappa shape index (κ3) is 4.28. The molecule has 0 aliphatic heterocycles. The summed E-state index contributed by atoms with van der Waals surface area (Å²) in [6, 6.07) is 10.3. The molecule has 0 spiro atoms. The van der Waals surface area contributed by atoms with E-state index < -0.39 is 0 Å². The fourth-order valence-corrected chi connectivity index (χ4v) is 3.44. The van der Waals surface area contributed by atoms with Crippen molar-refractivity contribution >= 4 is 43.5 Å². The molecule has 2 aromatic rings. The quantitative estimate of drug-likeness (QED) is 0.599. The van der Waals surface area contributed by atoms with Crippen LogP contribution in [-0.4, -0.2) is 6.54 Å². The molecule has 0 fully saturated rings. The molecule has 0 heterocycles. The molecule has 1 N–H and O–H groups in total. The van der Waals surface area contributed by atoms with E-state index in [1.165, 1.54) is 6.07 Å². The molecule has 0 amide bonds. The first-order valence-electron chi connectivity index (χ1n) is 6.66. The van der Waals surface area contributed by atoms with Crippen LogP contribution in [0.2, 0.25) is 5.02 Å². The van der Waals surface area contributed by atoms with Gasteiger partial charge in [-0.2, -0.15) is 0 Å². The monoisotopic (exact) mass is 433 g/mol. The number of nitrogens with one attached hydrogen (secondary N) is 1. The van der Waals surface area contributed by atoms with E-state index in [2.05, 4.69) is 44.1 Å². The molecule has 21 heavy (non-hydrogen) atoms. The Morgan fingerprint density at radius 2 is 1.90 bits per heavy atom. The van der Waals surface area contributed by atoms with Gasteiger partial charge in [-0.1, -0.05) is 56.5 Å². The molecular formula is C16H15Br2ClFN. The van der Waals surface area contributed by atoms with Crippen molar-refractivity contribution in [3.63, 3.8) is 0 Å². The highest BCUT2D eigenvalue weighted by molar-refractivity contribution is 9.10. The van der Waals surface area contributed by atoms with E-state index in [-0.39, 0.29) is 11.9 Å². The van der Waals surface area contributed by atoms with E-state index >= 15 is 0 Å². The molecule has 2 aromatic carbocycles. The zero-order chi connectivity index (χ0) is 15.4. The minimum atomic E-state index is -0.228. The summed E-state index contributed by atoms with van der Waals surface area (Å²) < 4.78 is 16.0. The topological polar surface area (TPSA) is 12.0 Å². The summed E-state index contributed by atoms with van der Waals surface area (Å²) in [7, 11) is 0. The molecule has 0 saturated heterocycles. The summed E-state index contributed by atoms with van der Waals surface area (Å²) in [5, 5.41) is 4.04. The van der Waals surface area contributed by atoms with Crippen LogP contribution in [-0.2, 0) is 0 Å². The highest BCUT2D eigenvalue weighted by Gasteiger charge is 2.20. The van der Waals surface area contributed by atoms with Crippen LogP contribution in [0.4, 0.5) is 4.39 Å². The van der Waals surface area contributed by atoms with Gasteiger partial charge in [0.05, 0.1) is 6.04 Å². The Morgan fingerprint density at radius 1 is 1.14 bits per heavy atom. The van der Waals surface area contributed by atoms with Gasteiger partial charge in [0.25, 0.3) is 0 Å². The van der Waals surface area contributed by atoms with Crippen LogP contribution in [0, 0.1) is 5.82 Å².